The second-order valence-electron chi connectivity index (χ2n) is 7.69. The van der Waals surface area contributed by atoms with E-state index in [4.69, 9.17) is 32.7 Å². The molecule has 1 rings (SSSR count). The maximum Gasteiger partial charge on any atom is 0.306 e. The SMILES string of the molecule is CCCCCCCCCCOC(=O)CCCCCC(=O)OCc1cc(Cl)cc(Cl)c1. The fourth-order valence-corrected chi connectivity index (χ4v) is 3.71. The first kappa shape index (κ1) is 26.8. The maximum absolute atomic E-state index is 11.8. The van der Waals surface area contributed by atoms with E-state index in [0.29, 0.717) is 35.9 Å². The summed E-state index contributed by atoms with van der Waals surface area (Å²) in [6.07, 6.45) is 12.8. The van der Waals surface area contributed by atoms with Gasteiger partial charge < -0.3 is 9.47 Å². The summed E-state index contributed by atoms with van der Waals surface area (Å²) in [6, 6.07) is 5.08. The standard InChI is InChI=1S/C24H36Cl2O4/c1-2-3-4-5-6-7-8-12-15-29-23(27)13-10-9-11-14-24(28)30-19-20-16-21(25)18-22(26)17-20/h16-18H,2-15,19H2,1H3. The average Bonchev–Trinajstić information content (AvgIpc) is 2.70. The van der Waals surface area contributed by atoms with Gasteiger partial charge in [-0.3, -0.25) is 9.59 Å². The quantitative estimate of drug-likeness (QED) is 0.177. The van der Waals surface area contributed by atoms with Crippen molar-refractivity contribution < 1.29 is 19.1 Å². The molecule has 0 atom stereocenters. The summed E-state index contributed by atoms with van der Waals surface area (Å²) in [6.45, 7) is 2.90. The van der Waals surface area contributed by atoms with E-state index in [9.17, 15) is 9.59 Å². The van der Waals surface area contributed by atoms with Crippen LogP contribution in [0.5, 0.6) is 0 Å². The Morgan fingerprint density at radius 3 is 1.80 bits per heavy atom. The molecule has 0 saturated carbocycles. The molecular weight excluding hydrogens is 423 g/mol. The van der Waals surface area contributed by atoms with Gasteiger partial charge >= 0.3 is 11.9 Å². The van der Waals surface area contributed by atoms with Crippen LogP contribution in [0.1, 0.15) is 96.0 Å². The number of unbranched alkanes of at least 4 members (excludes halogenated alkanes) is 9. The Kier molecular flexibility index (Phi) is 15.6. The summed E-state index contributed by atoms with van der Waals surface area (Å²) in [5.41, 5.74) is 0.764. The van der Waals surface area contributed by atoms with Crippen LogP contribution in [0.2, 0.25) is 10.0 Å². The molecule has 0 aliphatic heterocycles. The van der Waals surface area contributed by atoms with Crippen molar-refractivity contribution in [2.45, 2.75) is 97.0 Å². The predicted octanol–water partition coefficient (Wildman–Crippen LogP) is 7.67. The lowest BCUT2D eigenvalue weighted by Gasteiger charge is -2.07. The monoisotopic (exact) mass is 458 g/mol. The van der Waals surface area contributed by atoms with E-state index in [0.717, 1.165) is 31.2 Å². The molecule has 0 aliphatic rings. The minimum Gasteiger partial charge on any atom is -0.466 e. The summed E-state index contributed by atoms with van der Waals surface area (Å²) in [5.74, 6) is -0.401. The van der Waals surface area contributed by atoms with Crippen LogP contribution in [0.3, 0.4) is 0 Å². The summed E-state index contributed by atoms with van der Waals surface area (Å²) in [4.78, 5) is 23.5. The number of esters is 2. The van der Waals surface area contributed by atoms with E-state index >= 15 is 0 Å². The van der Waals surface area contributed by atoms with Crippen LogP contribution in [0, 0.1) is 0 Å². The molecule has 4 nitrogen and oxygen atoms in total. The highest BCUT2D eigenvalue weighted by Crippen LogP contribution is 2.19. The number of hydrogen-bond donors (Lipinski definition) is 0. The number of carbonyl (C=O) groups is 2. The van der Waals surface area contributed by atoms with Crippen molar-refractivity contribution in [3.8, 4) is 0 Å². The van der Waals surface area contributed by atoms with Gasteiger partial charge in [-0.25, -0.2) is 0 Å². The molecule has 0 aliphatic carbocycles. The Morgan fingerprint density at radius 1 is 0.700 bits per heavy atom. The number of halogens is 2. The number of rotatable bonds is 17. The van der Waals surface area contributed by atoms with E-state index in [1.807, 2.05) is 0 Å². The Labute approximate surface area is 191 Å². The van der Waals surface area contributed by atoms with Crippen LogP contribution >= 0.6 is 23.2 Å². The van der Waals surface area contributed by atoms with Gasteiger partial charge in [-0.1, -0.05) is 81.5 Å². The van der Waals surface area contributed by atoms with Gasteiger partial charge in [0.2, 0.25) is 0 Å². The van der Waals surface area contributed by atoms with Crippen LogP contribution in [0.15, 0.2) is 18.2 Å². The Hall–Kier alpha value is -1.26. The first-order valence-corrected chi connectivity index (χ1v) is 12.0. The molecule has 0 fully saturated rings. The van der Waals surface area contributed by atoms with Gasteiger partial charge in [0.1, 0.15) is 6.61 Å². The van der Waals surface area contributed by atoms with Crippen LogP contribution in [0.4, 0.5) is 0 Å². The summed E-state index contributed by atoms with van der Waals surface area (Å²) < 4.78 is 10.5. The largest absolute Gasteiger partial charge is 0.466 e. The highest BCUT2D eigenvalue weighted by molar-refractivity contribution is 6.34. The third kappa shape index (κ3) is 14.7. The molecule has 0 unspecified atom stereocenters. The molecule has 0 spiro atoms. The molecule has 0 heterocycles. The number of ether oxygens (including phenoxy) is 2. The van der Waals surface area contributed by atoms with Gasteiger partial charge in [-0.05, 0) is 43.0 Å². The molecule has 0 bridgehead atoms. The number of carbonyl (C=O) groups excluding carboxylic acids is 2. The summed E-state index contributed by atoms with van der Waals surface area (Å²) >= 11 is 11.8. The maximum atomic E-state index is 11.8. The molecule has 6 heteroatoms. The van der Waals surface area contributed by atoms with Gasteiger partial charge in [0, 0.05) is 22.9 Å². The van der Waals surface area contributed by atoms with E-state index in [-0.39, 0.29) is 18.5 Å². The molecule has 1 aromatic rings. The summed E-state index contributed by atoms with van der Waals surface area (Å²) in [5, 5.41) is 1.03. The zero-order valence-electron chi connectivity index (χ0n) is 18.2. The molecule has 0 radical (unpaired) electrons. The van der Waals surface area contributed by atoms with Gasteiger partial charge in [0.15, 0.2) is 0 Å². The lowest BCUT2D eigenvalue weighted by molar-refractivity contribution is -0.145. The third-order valence-corrected chi connectivity index (χ3v) is 5.28. The summed E-state index contributed by atoms with van der Waals surface area (Å²) in [7, 11) is 0. The van der Waals surface area contributed by atoms with E-state index in [1.165, 1.54) is 38.5 Å². The van der Waals surface area contributed by atoms with Crippen LogP contribution < -0.4 is 0 Å². The first-order valence-electron chi connectivity index (χ1n) is 11.3. The zero-order chi connectivity index (χ0) is 22.0. The first-order chi connectivity index (χ1) is 14.5. The van der Waals surface area contributed by atoms with Crippen molar-refractivity contribution in [3.63, 3.8) is 0 Å². The fraction of sp³-hybridized carbons (Fsp3) is 0.667. The molecular formula is C24H36Cl2O4. The highest BCUT2D eigenvalue weighted by Gasteiger charge is 2.07. The Morgan fingerprint density at radius 2 is 1.20 bits per heavy atom. The van der Waals surface area contributed by atoms with Crippen molar-refractivity contribution in [3.05, 3.63) is 33.8 Å². The molecule has 0 N–H and O–H groups in total. The zero-order valence-corrected chi connectivity index (χ0v) is 19.7. The minimum absolute atomic E-state index is 0.140. The van der Waals surface area contributed by atoms with Crippen molar-refractivity contribution in [2.24, 2.45) is 0 Å². The van der Waals surface area contributed by atoms with Gasteiger partial charge in [-0.2, -0.15) is 0 Å². The van der Waals surface area contributed by atoms with Crippen molar-refractivity contribution in [2.75, 3.05) is 6.61 Å². The average molecular weight is 459 g/mol. The molecule has 1 aromatic carbocycles. The second-order valence-corrected chi connectivity index (χ2v) is 8.57. The Balaban J connectivity index is 1.94. The van der Waals surface area contributed by atoms with Crippen molar-refractivity contribution in [1.29, 1.82) is 0 Å². The van der Waals surface area contributed by atoms with Gasteiger partial charge in [0.25, 0.3) is 0 Å². The number of hydrogen-bond acceptors (Lipinski definition) is 4. The predicted molar refractivity (Wildman–Crippen MR) is 123 cm³/mol. The van der Waals surface area contributed by atoms with E-state index in [2.05, 4.69) is 6.92 Å². The van der Waals surface area contributed by atoms with E-state index < -0.39 is 0 Å². The number of benzene rings is 1. The lowest BCUT2D eigenvalue weighted by Crippen LogP contribution is -2.06. The third-order valence-electron chi connectivity index (χ3n) is 4.84. The topological polar surface area (TPSA) is 52.6 Å². The van der Waals surface area contributed by atoms with Gasteiger partial charge in [0.05, 0.1) is 6.61 Å². The second kappa shape index (κ2) is 17.4. The van der Waals surface area contributed by atoms with Crippen molar-refractivity contribution in [1.82, 2.24) is 0 Å². The smallest absolute Gasteiger partial charge is 0.306 e. The fourth-order valence-electron chi connectivity index (χ4n) is 3.14. The normalized spacial score (nSPS) is 10.8. The molecule has 0 amide bonds. The van der Waals surface area contributed by atoms with Crippen molar-refractivity contribution >= 4 is 35.1 Å². The van der Waals surface area contributed by atoms with E-state index in [1.54, 1.807) is 18.2 Å². The lowest BCUT2D eigenvalue weighted by atomic mass is 10.1. The van der Waals surface area contributed by atoms with Crippen LogP contribution in [-0.2, 0) is 25.7 Å². The van der Waals surface area contributed by atoms with Crippen LogP contribution in [0.25, 0.3) is 0 Å². The van der Waals surface area contributed by atoms with Gasteiger partial charge in [-0.15, -0.1) is 0 Å². The minimum atomic E-state index is -0.261. The Bertz CT molecular complexity index is 599. The molecule has 0 saturated heterocycles. The van der Waals surface area contributed by atoms with Crippen LogP contribution in [-0.4, -0.2) is 18.5 Å². The molecule has 0 aromatic heterocycles. The highest BCUT2D eigenvalue weighted by atomic mass is 35.5. The molecule has 170 valence electrons. The molecule has 30 heavy (non-hydrogen) atoms.